The Morgan fingerprint density at radius 2 is 2.11 bits per heavy atom. The first-order valence-electron chi connectivity index (χ1n) is 5.75. The SMILES string of the molecule is CCOC(=O)c1c(N)[nH]c(-c2ccccc2)nc1=S. The lowest BCUT2D eigenvalue weighted by Gasteiger charge is -2.08. The second kappa shape index (κ2) is 5.62. The van der Waals surface area contributed by atoms with Gasteiger partial charge in [0, 0.05) is 5.56 Å². The Morgan fingerprint density at radius 3 is 2.68 bits per heavy atom. The summed E-state index contributed by atoms with van der Waals surface area (Å²) in [4.78, 5) is 18.8. The number of H-pyrrole nitrogens is 1. The van der Waals surface area contributed by atoms with E-state index in [1.54, 1.807) is 6.92 Å². The van der Waals surface area contributed by atoms with Gasteiger partial charge in [-0.3, -0.25) is 0 Å². The van der Waals surface area contributed by atoms with E-state index < -0.39 is 5.97 Å². The molecule has 0 radical (unpaired) electrons. The number of nitrogens with two attached hydrogens (primary N) is 1. The Labute approximate surface area is 115 Å². The summed E-state index contributed by atoms with van der Waals surface area (Å²) in [5.74, 6) is 0.127. The monoisotopic (exact) mass is 275 g/mol. The molecule has 0 spiro atoms. The molecule has 2 aromatic rings. The molecule has 1 aromatic carbocycles. The number of aromatic nitrogens is 2. The highest BCUT2D eigenvalue weighted by molar-refractivity contribution is 7.71. The van der Waals surface area contributed by atoms with Crippen molar-refractivity contribution in [2.24, 2.45) is 0 Å². The maximum atomic E-state index is 11.7. The van der Waals surface area contributed by atoms with Crippen molar-refractivity contribution in [1.29, 1.82) is 0 Å². The summed E-state index contributed by atoms with van der Waals surface area (Å²) in [6.45, 7) is 1.97. The Kier molecular flexibility index (Phi) is 3.91. The third kappa shape index (κ3) is 2.79. The van der Waals surface area contributed by atoms with Gasteiger partial charge in [-0.15, -0.1) is 0 Å². The molecule has 0 aliphatic heterocycles. The number of carbonyl (C=O) groups excluding carboxylic acids is 1. The first kappa shape index (κ1) is 13.2. The number of carbonyl (C=O) groups is 1. The molecule has 98 valence electrons. The van der Waals surface area contributed by atoms with Crippen LogP contribution in [0.2, 0.25) is 0 Å². The minimum Gasteiger partial charge on any atom is -0.462 e. The molecule has 0 unspecified atom stereocenters. The number of nitrogen functional groups attached to an aromatic ring is 1. The molecule has 6 heteroatoms. The lowest BCUT2D eigenvalue weighted by atomic mass is 10.2. The topological polar surface area (TPSA) is 81.0 Å². The number of anilines is 1. The number of hydrogen-bond donors (Lipinski definition) is 2. The van der Waals surface area contributed by atoms with Crippen LogP contribution in [0.4, 0.5) is 5.82 Å². The largest absolute Gasteiger partial charge is 0.462 e. The third-order valence-electron chi connectivity index (χ3n) is 2.48. The van der Waals surface area contributed by atoms with Crippen LogP contribution in [0, 0.1) is 4.64 Å². The van der Waals surface area contributed by atoms with Crippen molar-refractivity contribution in [3.8, 4) is 11.4 Å². The number of nitrogens with one attached hydrogen (secondary N) is 1. The molecule has 3 N–H and O–H groups in total. The average Bonchev–Trinajstić information content (AvgIpc) is 2.39. The van der Waals surface area contributed by atoms with Gasteiger partial charge in [-0.05, 0) is 6.92 Å². The van der Waals surface area contributed by atoms with Crippen molar-refractivity contribution in [3.05, 3.63) is 40.5 Å². The van der Waals surface area contributed by atoms with E-state index in [-0.39, 0.29) is 22.6 Å². The number of aromatic amines is 1. The first-order chi connectivity index (χ1) is 9.13. The van der Waals surface area contributed by atoms with Crippen LogP contribution in [0.15, 0.2) is 30.3 Å². The van der Waals surface area contributed by atoms with Crippen LogP contribution in [0.25, 0.3) is 11.4 Å². The standard InChI is InChI=1S/C13H13N3O2S/c1-2-18-13(17)9-10(14)15-11(16-12(9)19)8-6-4-3-5-7-8/h3-7H,2H2,1H3,(H3,14,15,16,19). The fraction of sp³-hybridized carbons (Fsp3) is 0.154. The highest BCUT2D eigenvalue weighted by Gasteiger charge is 2.16. The summed E-state index contributed by atoms with van der Waals surface area (Å²) in [6, 6.07) is 9.40. The maximum Gasteiger partial charge on any atom is 0.344 e. The molecule has 0 amide bonds. The number of rotatable bonds is 3. The molecule has 5 nitrogen and oxygen atoms in total. The first-order valence-corrected chi connectivity index (χ1v) is 6.16. The minimum atomic E-state index is -0.562. The smallest absolute Gasteiger partial charge is 0.344 e. The maximum absolute atomic E-state index is 11.7. The van der Waals surface area contributed by atoms with Crippen molar-refractivity contribution in [3.63, 3.8) is 0 Å². The molecule has 1 aromatic heterocycles. The summed E-state index contributed by atoms with van der Waals surface area (Å²) < 4.78 is 5.02. The highest BCUT2D eigenvalue weighted by atomic mass is 32.1. The summed E-state index contributed by atoms with van der Waals surface area (Å²) >= 11 is 5.11. The molecule has 0 atom stereocenters. The van der Waals surface area contributed by atoms with E-state index in [0.29, 0.717) is 5.82 Å². The summed E-state index contributed by atoms with van der Waals surface area (Å²) in [5, 5.41) is 0. The van der Waals surface area contributed by atoms with Gasteiger partial charge in [0.25, 0.3) is 0 Å². The van der Waals surface area contributed by atoms with Gasteiger partial charge in [-0.25, -0.2) is 9.78 Å². The second-order valence-corrected chi connectivity index (χ2v) is 4.15. The number of benzene rings is 1. The zero-order chi connectivity index (χ0) is 13.8. The molecule has 0 aliphatic carbocycles. The number of nitrogens with zero attached hydrogens (tertiary/aromatic N) is 1. The normalized spacial score (nSPS) is 10.2. The molecule has 0 bridgehead atoms. The molecule has 0 fully saturated rings. The number of ether oxygens (including phenoxy) is 1. The van der Waals surface area contributed by atoms with E-state index in [4.69, 9.17) is 22.7 Å². The molecule has 0 saturated heterocycles. The van der Waals surface area contributed by atoms with Crippen LogP contribution in [-0.4, -0.2) is 22.5 Å². The van der Waals surface area contributed by atoms with Gasteiger partial charge in [0.15, 0.2) is 0 Å². The van der Waals surface area contributed by atoms with Crippen LogP contribution in [0.3, 0.4) is 0 Å². The van der Waals surface area contributed by atoms with Crippen molar-refractivity contribution in [1.82, 2.24) is 9.97 Å². The Bertz CT molecular complexity index is 653. The lowest BCUT2D eigenvalue weighted by Crippen LogP contribution is -2.12. The molecule has 2 rings (SSSR count). The van der Waals surface area contributed by atoms with Gasteiger partial charge in [0.05, 0.1) is 6.61 Å². The molecular weight excluding hydrogens is 262 g/mol. The van der Waals surface area contributed by atoms with Crippen molar-refractivity contribution >= 4 is 24.0 Å². The molecule has 0 aliphatic rings. The fourth-order valence-corrected chi connectivity index (χ4v) is 1.91. The summed E-state index contributed by atoms with van der Waals surface area (Å²) in [7, 11) is 0. The zero-order valence-electron chi connectivity index (χ0n) is 10.3. The van der Waals surface area contributed by atoms with Crippen LogP contribution < -0.4 is 5.73 Å². The fourth-order valence-electron chi connectivity index (χ4n) is 1.62. The molecule has 1 heterocycles. The quantitative estimate of drug-likeness (QED) is 0.664. The van der Waals surface area contributed by atoms with Gasteiger partial charge in [-0.2, -0.15) is 0 Å². The molecule has 19 heavy (non-hydrogen) atoms. The van der Waals surface area contributed by atoms with Crippen LogP contribution in [-0.2, 0) is 4.74 Å². The van der Waals surface area contributed by atoms with E-state index in [2.05, 4.69) is 9.97 Å². The van der Waals surface area contributed by atoms with E-state index in [0.717, 1.165) is 5.56 Å². The zero-order valence-corrected chi connectivity index (χ0v) is 11.2. The van der Waals surface area contributed by atoms with Crippen LogP contribution in [0.5, 0.6) is 0 Å². The van der Waals surface area contributed by atoms with Crippen LogP contribution >= 0.6 is 12.2 Å². The third-order valence-corrected chi connectivity index (χ3v) is 2.77. The van der Waals surface area contributed by atoms with E-state index >= 15 is 0 Å². The van der Waals surface area contributed by atoms with Gasteiger partial charge in [0.1, 0.15) is 21.8 Å². The Morgan fingerprint density at radius 1 is 1.42 bits per heavy atom. The van der Waals surface area contributed by atoms with Gasteiger partial charge >= 0.3 is 5.97 Å². The highest BCUT2D eigenvalue weighted by Crippen LogP contribution is 2.19. The van der Waals surface area contributed by atoms with Crippen molar-refractivity contribution < 1.29 is 9.53 Å². The summed E-state index contributed by atoms with van der Waals surface area (Å²) in [6.07, 6.45) is 0. The minimum absolute atomic E-state index is 0.108. The van der Waals surface area contributed by atoms with Gasteiger partial charge in [0.2, 0.25) is 0 Å². The second-order valence-electron chi connectivity index (χ2n) is 3.77. The Hall–Kier alpha value is -2.21. The van der Waals surface area contributed by atoms with E-state index in [1.165, 1.54) is 0 Å². The van der Waals surface area contributed by atoms with Crippen molar-refractivity contribution in [2.45, 2.75) is 6.92 Å². The summed E-state index contributed by atoms with van der Waals surface area (Å²) in [5.41, 5.74) is 6.78. The van der Waals surface area contributed by atoms with Crippen molar-refractivity contribution in [2.75, 3.05) is 12.3 Å². The number of hydrogen-bond acceptors (Lipinski definition) is 5. The van der Waals surface area contributed by atoms with Gasteiger partial charge in [-0.1, -0.05) is 42.5 Å². The van der Waals surface area contributed by atoms with E-state index in [9.17, 15) is 4.79 Å². The average molecular weight is 275 g/mol. The van der Waals surface area contributed by atoms with Crippen LogP contribution in [0.1, 0.15) is 17.3 Å². The molecular formula is C13H13N3O2S. The lowest BCUT2D eigenvalue weighted by molar-refractivity contribution is 0.0526. The van der Waals surface area contributed by atoms with Gasteiger partial charge < -0.3 is 15.5 Å². The Balaban J connectivity index is 2.49. The number of esters is 1. The van der Waals surface area contributed by atoms with E-state index in [1.807, 2.05) is 30.3 Å². The predicted octanol–water partition coefficient (Wildman–Crippen LogP) is 2.57. The predicted molar refractivity (Wildman–Crippen MR) is 75.2 cm³/mol. The molecule has 0 saturated carbocycles.